The van der Waals surface area contributed by atoms with Crippen molar-refractivity contribution in [2.24, 2.45) is 0 Å². The smallest absolute Gasteiger partial charge is 0.222 e. The maximum Gasteiger partial charge on any atom is 0.222 e. The van der Waals surface area contributed by atoms with E-state index in [4.69, 9.17) is 16.2 Å². The van der Waals surface area contributed by atoms with Crippen LogP contribution in [0.5, 0.6) is 0 Å². The number of halogens is 1. The van der Waals surface area contributed by atoms with Gasteiger partial charge in [0.25, 0.3) is 0 Å². The zero-order chi connectivity index (χ0) is 20.7. The highest BCUT2D eigenvalue weighted by atomic mass is 19.1. The van der Waals surface area contributed by atoms with Crippen LogP contribution in [0.2, 0.25) is 0 Å². The Bertz CT molecular complexity index is 1190. The Morgan fingerprint density at radius 1 is 1.13 bits per heavy atom. The standard InChI is InChI=1S/C20H19FN8O/c21-12-7-11(1-2-13(12)22)15-8-18(28-20(23)27-15)29-5-6-30-17(10-29)19-25-14-3-4-24-9-16(14)26-19/h1-4,7-9,17H,5-6,10,22H2,(H,25,26)(H2,23,27,28). The predicted octanol–water partition coefficient (Wildman–Crippen LogP) is 2.30. The Morgan fingerprint density at radius 2 is 2.03 bits per heavy atom. The summed E-state index contributed by atoms with van der Waals surface area (Å²) in [5.41, 5.74) is 14.4. The number of anilines is 3. The van der Waals surface area contributed by atoms with Crippen LogP contribution in [0.1, 0.15) is 11.9 Å². The van der Waals surface area contributed by atoms with Gasteiger partial charge >= 0.3 is 0 Å². The van der Waals surface area contributed by atoms with Gasteiger partial charge < -0.3 is 26.1 Å². The Morgan fingerprint density at radius 3 is 2.87 bits per heavy atom. The molecule has 4 aromatic rings. The number of aromatic amines is 1. The summed E-state index contributed by atoms with van der Waals surface area (Å²) in [6.07, 6.45) is 3.17. The lowest BCUT2D eigenvalue weighted by molar-refractivity contribution is 0.0345. The molecule has 1 aromatic carbocycles. The summed E-state index contributed by atoms with van der Waals surface area (Å²) in [6.45, 7) is 1.65. The average molecular weight is 406 g/mol. The second-order valence-corrected chi connectivity index (χ2v) is 7.03. The maximum absolute atomic E-state index is 13.9. The van der Waals surface area contributed by atoms with Crippen molar-refractivity contribution in [1.82, 2.24) is 24.9 Å². The van der Waals surface area contributed by atoms with Crippen LogP contribution in [-0.4, -0.2) is 44.6 Å². The molecule has 0 amide bonds. The van der Waals surface area contributed by atoms with E-state index >= 15 is 0 Å². The fourth-order valence-electron chi connectivity index (χ4n) is 3.50. The molecule has 10 heteroatoms. The van der Waals surface area contributed by atoms with Crippen molar-refractivity contribution in [2.45, 2.75) is 6.10 Å². The number of hydrogen-bond acceptors (Lipinski definition) is 8. The molecule has 3 aromatic heterocycles. The van der Waals surface area contributed by atoms with E-state index in [2.05, 4.69) is 29.8 Å². The Balaban J connectivity index is 1.44. The van der Waals surface area contributed by atoms with Gasteiger partial charge in [0, 0.05) is 24.4 Å². The fraction of sp³-hybridized carbons (Fsp3) is 0.200. The summed E-state index contributed by atoms with van der Waals surface area (Å²) in [6, 6.07) is 8.18. The van der Waals surface area contributed by atoms with E-state index in [1.54, 1.807) is 24.5 Å². The van der Waals surface area contributed by atoms with Gasteiger partial charge in [-0.15, -0.1) is 0 Å². The van der Waals surface area contributed by atoms with Crippen LogP contribution in [0.15, 0.2) is 42.7 Å². The van der Waals surface area contributed by atoms with E-state index in [1.165, 1.54) is 12.1 Å². The number of benzene rings is 1. The number of fused-ring (bicyclic) bond motifs is 1. The number of imidazole rings is 1. The molecule has 1 unspecified atom stereocenters. The van der Waals surface area contributed by atoms with Crippen molar-refractivity contribution >= 4 is 28.5 Å². The molecule has 4 heterocycles. The number of morpholine rings is 1. The summed E-state index contributed by atoms with van der Waals surface area (Å²) in [5, 5.41) is 0. The lowest BCUT2D eigenvalue weighted by Gasteiger charge is -2.33. The number of rotatable bonds is 3. The lowest BCUT2D eigenvalue weighted by atomic mass is 10.1. The highest BCUT2D eigenvalue weighted by Gasteiger charge is 2.26. The van der Waals surface area contributed by atoms with Crippen LogP contribution in [0.3, 0.4) is 0 Å². The normalized spacial score (nSPS) is 16.8. The average Bonchev–Trinajstić information content (AvgIpc) is 3.20. The number of ether oxygens (including phenoxy) is 1. The molecule has 5 N–H and O–H groups in total. The van der Waals surface area contributed by atoms with Gasteiger partial charge in [0.05, 0.1) is 41.8 Å². The molecular weight excluding hydrogens is 387 g/mol. The van der Waals surface area contributed by atoms with E-state index in [1.807, 2.05) is 6.07 Å². The number of pyridine rings is 1. The monoisotopic (exact) mass is 406 g/mol. The molecule has 5 rings (SSSR count). The van der Waals surface area contributed by atoms with Gasteiger partial charge in [0.1, 0.15) is 23.6 Å². The number of nitrogen functional groups attached to an aromatic ring is 2. The van der Waals surface area contributed by atoms with Crippen molar-refractivity contribution in [1.29, 1.82) is 0 Å². The van der Waals surface area contributed by atoms with Crippen LogP contribution in [0.4, 0.5) is 21.8 Å². The molecule has 0 aliphatic carbocycles. The number of aromatic nitrogens is 5. The molecule has 9 nitrogen and oxygen atoms in total. The second kappa shape index (κ2) is 7.23. The van der Waals surface area contributed by atoms with E-state index in [0.29, 0.717) is 36.8 Å². The lowest BCUT2D eigenvalue weighted by Crippen LogP contribution is -2.39. The first kappa shape index (κ1) is 18.3. The van der Waals surface area contributed by atoms with Gasteiger partial charge in [-0.2, -0.15) is 4.98 Å². The molecule has 1 aliphatic rings. The second-order valence-electron chi connectivity index (χ2n) is 7.03. The Kier molecular flexibility index (Phi) is 4.40. The van der Waals surface area contributed by atoms with Crippen LogP contribution in [0.25, 0.3) is 22.3 Å². The third-order valence-electron chi connectivity index (χ3n) is 5.02. The Hall–Kier alpha value is -3.79. The molecule has 1 fully saturated rings. The van der Waals surface area contributed by atoms with Crippen molar-refractivity contribution in [3.8, 4) is 11.3 Å². The molecular formula is C20H19FN8O. The summed E-state index contributed by atoms with van der Waals surface area (Å²) in [7, 11) is 0. The minimum atomic E-state index is -0.503. The highest BCUT2D eigenvalue weighted by molar-refractivity contribution is 5.73. The predicted molar refractivity (Wildman–Crippen MR) is 111 cm³/mol. The summed E-state index contributed by atoms with van der Waals surface area (Å²) in [5.74, 6) is 0.973. The number of nitrogens with two attached hydrogens (primary N) is 2. The molecule has 1 saturated heterocycles. The summed E-state index contributed by atoms with van der Waals surface area (Å²) < 4.78 is 19.8. The number of H-pyrrole nitrogens is 1. The number of nitrogens with zero attached hydrogens (tertiary/aromatic N) is 5. The maximum atomic E-state index is 13.9. The zero-order valence-electron chi connectivity index (χ0n) is 15.9. The van der Waals surface area contributed by atoms with Gasteiger partial charge in [0.15, 0.2) is 0 Å². The summed E-state index contributed by atoms with van der Waals surface area (Å²) >= 11 is 0. The largest absolute Gasteiger partial charge is 0.396 e. The first-order chi connectivity index (χ1) is 14.6. The van der Waals surface area contributed by atoms with E-state index in [-0.39, 0.29) is 17.7 Å². The zero-order valence-corrected chi connectivity index (χ0v) is 15.9. The quantitative estimate of drug-likeness (QED) is 0.442. The van der Waals surface area contributed by atoms with E-state index in [9.17, 15) is 4.39 Å². The topological polar surface area (TPSA) is 132 Å². The van der Waals surface area contributed by atoms with Crippen LogP contribution < -0.4 is 16.4 Å². The van der Waals surface area contributed by atoms with Crippen molar-refractivity contribution < 1.29 is 9.13 Å². The highest BCUT2D eigenvalue weighted by Crippen LogP contribution is 2.29. The third-order valence-corrected chi connectivity index (χ3v) is 5.02. The van der Waals surface area contributed by atoms with Crippen molar-refractivity contribution in [2.75, 3.05) is 36.1 Å². The third kappa shape index (κ3) is 3.37. The van der Waals surface area contributed by atoms with Gasteiger partial charge in [-0.25, -0.2) is 14.4 Å². The van der Waals surface area contributed by atoms with Crippen LogP contribution in [-0.2, 0) is 4.74 Å². The molecule has 1 atom stereocenters. The molecule has 0 spiro atoms. The molecule has 0 bridgehead atoms. The minimum Gasteiger partial charge on any atom is -0.396 e. The Labute approximate surface area is 170 Å². The molecule has 1 aliphatic heterocycles. The fourth-order valence-corrected chi connectivity index (χ4v) is 3.50. The van der Waals surface area contributed by atoms with E-state index in [0.717, 1.165) is 16.9 Å². The minimum absolute atomic E-state index is 0.0815. The number of hydrogen-bond donors (Lipinski definition) is 3. The summed E-state index contributed by atoms with van der Waals surface area (Å²) in [4.78, 5) is 22.6. The first-order valence-corrected chi connectivity index (χ1v) is 9.43. The molecule has 30 heavy (non-hydrogen) atoms. The molecule has 0 saturated carbocycles. The van der Waals surface area contributed by atoms with Crippen molar-refractivity contribution in [3.05, 3.63) is 54.4 Å². The van der Waals surface area contributed by atoms with Crippen LogP contribution in [0, 0.1) is 5.82 Å². The molecule has 152 valence electrons. The molecule has 0 radical (unpaired) electrons. The first-order valence-electron chi connectivity index (χ1n) is 9.43. The van der Waals surface area contributed by atoms with Crippen LogP contribution >= 0.6 is 0 Å². The van der Waals surface area contributed by atoms with Crippen molar-refractivity contribution in [3.63, 3.8) is 0 Å². The SMILES string of the molecule is Nc1nc(-c2ccc(N)c(F)c2)cc(N2CCOC(c3nc4ccncc4[nH]3)C2)n1. The van der Waals surface area contributed by atoms with Gasteiger partial charge in [-0.3, -0.25) is 4.98 Å². The van der Waals surface area contributed by atoms with Gasteiger partial charge in [-0.05, 0) is 18.2 Å². The van der Waals surface area contributed by atoms with E-state index < -0.39 is 5.82 Å². The number of nitrogens with one attached hydrogen (secondary N) is 1. The van der Waals surface area contributed by atoms with Gasteiger partial charge in [-0.1, -0.05) is 6.07 Å². The van der Waals surface area contributed by atoms with Gasteiger partial charge in [0.2, 0.25) is 5.95 Å².